The molecule has 0 bridgehead atoms. The quantitative estimate of drug-likeness (QED) is 0.678. The van der Waals surface area contributed by atoms with E-state index in [2.05, 4.69) is 6.07 Å². The van der Waals surface area contributed by atoms with E-state index in [0.29, 0.717) is 0 Å². The fraction of sp³-hybridized carbons (Fsp3) is 0.118. The van der Waals surface area contributed by atoms with Gasteiger partial charge in [0.2, 0.25) is 0 Å². The van der Waals surface area contributed by atoms with Crippen LogP contribution >= 0.6 is 11.3 Å². The molecule has 2 aromatic carbocycles. The largest absolute Gasteiger partial charge is 0.328 e. The van der Waals surface area contributed by atoms with E-state index >= 15 is 0 Å². The van der Waals surface area contributed by atoms with E-state index in [1.165, 1.54) is 4.70 Å². The minimum absolute atomic E-state index is 0.0512. The van der Waals surface area contributed by atoms with Gasteiger partial charge < -0.3 is 0 Å². The summed E-state index contributed by atoms with van der Waals surface area (Å²) < 4.78 is 1.19. The van der Waals surface area contributed by atoms with Gasteiger partial charge in [0.1, 0.15) is 0 Å². The van der Waals surface area contributed by atoms with E-state index in [9.17, 15) is 4.79 Å². The van der Waals surface area contributed by atoms with Crippen molar-refractivity contribution >= 4 is 38.8 Å². The monoisotopic (exact) mass is 296 g/mol. The standard InChI is InChI=1S/C17H16N2OS/c1-18(13-8-4-3-5-9-13)17(20)19(2)15-12-21-16-11-7-6-10-14(15)16/h3-12H,1-2H3. The summed E-state index contributed by atoms with van der Waals surface area (Å²) in [5.41, 5.74) is 1.83. The number of anilines is 2. The highest BCUT2D eigenvalue weighted by Crippen LogP contribution is 2.32. The number of para-hydroxylation sites is 1. The van der Waals surface area contributed by atoms with Crippen LogP contribution in [0.5, 0.6) is 0 Å². The molecule has 2 amide bonds. The van der Waals surface area contributed by atoms with Crippen molar-refractivity contribution in [3.63, 3.8) is 0 Å². The molecule has 3 rings (SSSR count). The first-order chi connectivity index (χ1) is 10.2. The van der Waals surface area contributed by atoms with Crippen molar-refractivity contribution in [2.75, 3.05) is 23.9 Å². The average molecular weight is 296 g/mol. The van der Waals surface area contributed by atoms with Gasteiger partial charge in [0.05, 0.1) is 5.69 Å². The number of rotatable bonds is 2. The third-order valence-electron chi connectivity index (χ3n) is 3.54. The van der Waals surface area contributed by atoms with Crippen LogP contribution in [0.3, 0.4) is 0 Å². The second-order valence-corrected chi connectivity index (χ2v) is 5.76. The lowest BCUT2D eigenvalue weighted by atomic mass is 10.2. The minimum Gasteiger partial charge on any atom is -0.297 e. The van der Waals surface area contributed by atoms with Crippen LogP contribution in [0.1, 0.15) is 0 Å². The number of amides is 2. The van der Waals surface area contributed by atoms with Gasteiger partial charge in [0.25, 0.3) is 0 Å². The number of hydrogen-bond acceptors (Lipinski definition) is 2. The van der Waals surface area contributed by atoms with Crippen molar-refractivity contribution in [2.24, 2.45) is 0 Å². The Bertz CT molecular complexity index is 767. The maximum atomic E-state index is 12.6. The lowest BCUT2D eigenvalue weighted by Gasteiger charge is -2.24. The number of thiophene rings is 1. The highest BCUT2D eigenvalue weighted by atomic mass is 32.1. The van der Waals surface area contributed by atoms with E-state index in [4.69, 9.17) is 0 Å². The Labute approximate surface area is 128 Å². The predicted octanol–water partition coefficient (Wildman–Crippen LogP) is 4.59. The highest BCUT2D eigenvalue weighted by Gasteiger charge is 2.19. The minimum atomic E-state index is -0.0512. The highest BCUT2D eigenvalue weighted by molar-refractivity contribution is 7.17. The van der Waals surface area contributed by atoms with E-state index in [0.717, 1.165) is 16.8 Å². The molecule has 4 heteroatoms. The zero-order chi connectivity index (χ0) is 14.8. The number of nitrogens with zero attached hydrogens (tertiary/aromatic N) is 2. The van der Waals surface area contributed by atoms with Crippen LogP contribution in [0, 0.1) is 0 Å². The van der Waals surface area contributed by atoms with Crippen LogP contribution in [-0.2, 0) is 0 Å². The molecule has 1 aromatic heterocycles. The Morgan fingerprint density at radius 3 is 2.33 bits per heavy atom. The van der Waals surface area contributed by atoms with Crippen molar-refractivity contribution in [3.8, 4) is 0 Å². The third-order valence-corrected chi connectivity index (χ3v) is 4.49. The number of fused-ring (bicyclic) bond motifs is 1. The molecule has 0 aliphatic rings. The molecular weight excluding hydrogens is 280 g/mol. The number of benzene rings is 2. The predicted molar refractivity (Wildman–Crippen MR) is 90.5 cm³/mol. The summed E-state index contributed by atoms with van der Waals surface area (Å²) in [4.78, 5) is 16.0. The smallest absolute Gasteiger partial charge is 0.297 e. The van der Waals surface area contributed by atoms with Crippen LogP contribution in [0.2, 0.25) is 0 Å². The first kappa shape index (κ1) is 13.6. The zero-order valence-electron chi connectivity index (χ0n) is 12.0. The van der Waals surface area contributed by atoms with Gasteiger partial charge in [0.15, 0.2) is 0 Å². The molecule has 0 radical (unpaired) electrons. The summed E-state index contributed by atoms with van der Waals surface area (Å²) >= 11 is 1.65. The van der Waals surface area contributed by atoms with Gasteiger partial charge in [-0.05, 0) is 18.2 Å². The van der Waals surface area contributed by atoms with E-state index in [1.54, 1.807) is 28.2 Å². The summed E-state index contributed by atoms with van der Waals surface area (Å²) in [5.74, 6) is 0. The van der Waals surface area contributed by atoms with Crippen LogP contribution < -0.4 is 9.80 Å². The first-order valence-corrected chi connectivity index (χ1v) is 7.59. The van der Waals surface area contributed by atoms with Gasteiger partial charge in [-0.2, -0.15) is 0 Å². The lowest BCUT2D eigenvalue weighted by Crippen LogP contribution is -2.38. The number of carbonyl (C=O) groups excluding carboxylic acids is 1. The molecule has 0 spiro atoms. The van der Waals surface area contributed by atoms with E-state index < -0.39 is 0 Å². The molecule has 0 saturated heterocycles. The Morgan fingerprint density at radius 2 is 1.57 bits per heavy atom. The fourth-order valence-electron chi connectivity index (χ4n) is 2.31. The molecule has 21 heavy (non-hydrogen) atoms. The van der Waals surface area contributed by atoms with Crippen molar-refractivity contribution in [3.05, 3.63) is 60.0 Å². The summed E-state index contributed by atoms with van der Waals surface area (Å²) in [6.07, 6.45) is 0. The Balaban J connectivity index is 1.91. The maximum Gasteiger partial charge on any atom is 0.328 e. The van der Waals surface area contributed by atoms with Gasteiger partial charge in [0, 0.05) is 35.2 Å². The SMILES string of the molecule is CN(C(=O)N(C)c1csc2ccccc12)c1ccccc1. The van der Waals surface area contributed by atoms with E-state index in [1.807, 2.05) is 61.0 Å². The van der Waals surface area contributed by atoms with Crippen LogP contribution in [-0.4, -0.2) is 20.1 Å². The van der Waals surface area contributed by atoms with Crippen LogP contribution in [0.4, 0.5) is 16.2 Å². The van der Waals surface area contributed by atoms with Crippen molar-refractivity contribution < 1.29 is 4.79 Å². The van der Waals surface area contributed by atoms with Crippen molar-refractivity contribution in [2.45, 2.75) is 0 Å². The molecule has 0 aliphatic heterocycles. The number of urea groups is 1. The fourth-order valence-corrected chi connectivity index (χ4v) is 3.29. The van der Waals surface area contributed by atoms with Gasteiger partial charge in [-0.3, -0.25) is 9.80 Å². The maximum absolute atomic E-state index is 12.6. The molecule has 0 unspecified atom stereocenters. The van der Waals surface area contributed by atoms with Crippen molar-refractivity contribution in [1.29, 1.82) is 0 Å². The summed E-state index contributed by atoms with van der Waals surface area (Å²) in [6, 6.07) is 17.7. The summed E-state index contributed by atoms with van der Waals surface area (Å²) in [7, 11) is 3.61. The third kappa shape index (κ3) is 2.50. The average Bonchev–Trinajstić information content (AvgIpc) is 2.97. The summed E-state index contributed by atoms with van der Waals surface area (Å²) in [6.45, 7) is 0. The van der Waals surface area contributed by atoms with Gasteiger partial charge >= 0.3 is 6.03 Å². The molecule has 0 saturated carbocycles. The van der Waals surface area contributed by atoms with Gasteiger partial charge in [-0.15, -0.1) is 11.3 Å². The zero-order valence-corrected chi connectivity index (χ0v) is 12.8. The van der Waals surface area contributed by atoms with Gasteiger partial charge in [-0.1, -0.05) is 36.4 Å². The van der Waals surface area contributed by atoms with E-state index in [-0.39, 0.29) is 6.03 Å². The number of carbonyl (C=O) groups is 1. The molecule has 0 N–H and O–H groups in total. The summed E-state index contributed by atoms with van der Waals surface area (Å²) in [5, 5.41) is 3.14. The Morgan fingerprint density at radius 1 is 0.905 bits per heavy atom. The molecule has 3 aromatic rings. The van der Waals surface area contributed by atoms with Crippen LogP contribution in [0.15, 0.2) is 60.0 Å². The van der Waals surface area contributed by atoms with Crippen LogP contribution in [0.25, 0.3) is 10.1 Å². The van der Waals surface area contributed by atoms with Gasteiger partial charge in [-0.25, -0.2) is 4.79 Å². The lowest BCUT2D eigenvalue weighted by molar-refractivity contribution is 0.253. The van der Waals surface area contributed by atoms with Crippen molar-refractivity contribution in [1.82, 2.24) is 0 Å². The molecule has 0 aliphatic carbocycles. The number of hydrogen-bond donors (Lipinski definition) is 0. The first-order valence-electron chi connectivity index (χ1n) is 6.71. The Hall–Kier alpha value is -2.33. The molecule has 1 heterocycles. The Kier molecular flexibility index (Phi) is 3.62. The second-order valence-electron chi connectivity index (χ2n) is 4.85. The molecular formula is C17H16N2OS. The molecule has 3 nitrogen and oxygen atoms in total. The molecule has 0 fully saturated rings. The topological polar surface area (TPSA) is 23.6 Å². The second kappa shape index (κ2) is 5.58. The molecule has 106 valence electrons. The molecule has 0 atom stereocenters. The normalized spacial score (nSPS) is 10.6.